The third-order valence-electron chi connectivity index (χ3n) is 5.79. The summed E-state index contributed by atoms with van der Waals surface area (Å²) in [4.78, 5) is 0. The summed E-state index contributed by atoms with van der Waals surface area (Å²) < 4.78 is 17.9. The molecule has 0 aromatic heterocycles. The molecule has 2 unspecified atom stereocenters. The van der Waals surface area contributed by atoms with Gasteiger partial charge in [0.25, 0.3) is 0 Å². The molecular weight excluding hydrogens is 330 g/mol. The number of hydrogen-bond acceptors (Lipinski definition) is 6. The number of nitrogens with one attached hydrogen (secondary N) is 1. The molecule has 2 aromatic carbocycles. The van der Waals surface area contributed by atoms with Crippen molar-refractivity contribution in [2.75, 3.05) is 25.6 Å². The van der Waals surface area contributed by atoms with Gasteiger partial charge in [-0.25, -0.2) is 0 Å². The normalized spacial score (nSPS) is 30.7. The molecule has 3 heterocycles. The van der Waals surface area contributed by atoms with Gasteiger partial charge in [0.2, 0.25) is 0 Å². The molecule has 0 saturated carbocycles. The quantitative estimate of drug-likeness (QED) is 0.681. The Morgan fingerprint density at radius 1 is 1.00 bits per heavy atom. The van der Waals surface area contributed by atoms with E-state index in [2.05, 4.69) is 11.4 Å². The maximum atomic E-state index is 6.73. The lowest BCUT2D eigenvalue weighted by Crippen LogP contribution is -2.61. The van der Waals surface area contributed by atoms with Crippen LogP contribution in [0.4, 0.5) is 5.69 Å². The van der Waals surface area contributed by atoms with E-state index in [1.54, 1.807) is 0 Å². The number of para-hydroxylation sites is 1. The standard InChI is InChI=1S/C20H23N3O3/c21-14-5-6-18-16(11-14)19(15-3-1-2-4-17(15)26-18)12-25-20(22,23-19)13-7-9-24-10-8-13/h1-6,11,13,23H,7-10,12,21-22H2. The molecule has 5 N–H and O–H groups in total. The van der Waals surface area contributed by atoms with Crippen LogP contribution in [0.2, 0.25) is 0 Å². The Bertz CT molecular complexity index is 852. The van der Waals surface area contributed by atoms with Crippen molar-refractivity contribution in [2.24, 2.45) is 11.7 Å². The van der Waals surface area contributed by atoms with Gasteiger partial charge in [0.05, 0.1) is 6.61 Å². The first kappa shape index (κ1) is 16.1. The number of rotatable bonds is 1. The second-order valence-electron chi connectivity index (χ2n) is 7.35. The molecule has 3 aliphatic heterocycles. The molecular formula is C20H23N3O3. The van der Waals surface area contributed by atoms with E-state index in [1.807, 2.05) is 36.4 Å². The van der Waals surface area contributed by atoms with Crippen molar-refractivity contribution >= 4 is 5.69 Å². The Kier molecular flexibility index (Phi) is 3.52. The van der Waals surface area contributed by atoms with Crippen molar-refractivity contribution in [3.8, 4) is 11.5 Å². The van der Waals surface area contributed by atoms with Crippen molar-refractivity contribution in [1.29, 1.82) is 0 Å². The summed E-state index contributed by atoms with van der Waals surface area (Å²) in [7, 11) is 0. The van der Waals surface area contributed by atoms with Gasteiger partial charge in [-0.15, -0.1) is 0 Å². The van der Waals surface area contributed by atoms with Crippen molar-refractivity contribution in [1.82, 2.24) is 5.32 Å². The minimum Gasteiger partial charge on any atom is -0.457 e. The number of ether oxygens (including phenoxy) is 3. The molecule has 136 valence electrons. The Hall–Kier alpha value is -2.12. The van der Waals surface area contributed by atoms with Gasteiger partial charge in [-0.3, -0.25) is 11.1 Å². The van der Waals surface area contributed by atoms with Gasteiger partial charge in [0.15, 0.2) is 5.85 Å². The van der Waals surface area contributed by atoms with Crippen molar-refractivity contribution < 1.29 is 14.2 Å². The molecule has 0 aliphatic carbocycles. The number of hydrogen-bond donors (Lipinski definition) is 3. The molecule has 2 atom stereocenters. The topological polar surface area (TPSA) is 91.8 Å². The summed E-state index contributed by atoms with van der Waals surface area (Å²) in [6.07, 6.45) is 1.75. The average Bonchev–Trinajstić information content (AvgIpc) is 3.03. The number of nitrogens with two attached hydrogens (primary N) is 2. The molecule has 2 saturated heterocycles. The summed E-state index contributed by atoms with van der Waals surface area (Å²) in [5, 5.41) is 3.66. The van der Waals surface area contributed by atoms with E-state index in [4.69, 9.17) is 25.7 Å². The van der Waals surface area contributed by atoms with Crippen molar-refractivity contribution in [3.63, 3.8) is 0 Å². The van der Waals surface area contributed by atoms with E-state index < -0.39 is 11.4 Å². The van der Waals surface area contributed by atoms with Crippen LogP contribution in [-0.4, -0.2) is 25.7 Å². The first-order chi connectivity index (χ1) is 12.6. The van der Waals surface area contributed by atoms with Gasteiger partial charge in [-0.2, -0.15) is 0 Å². The highest BCUT2D eigenvalue weighted by molar-refractivity contribution is 5.61. The first-order valence-corrected chi connectivity index (χ1v) is 9.08. The molecule has 3 aliphatic rings. The van der Waals surface area contributed by atoms with Crippen LogP contribution in [0, 0.1) is 5.92 Å². The Morgan fingerprint density at radius 3 is 2.62 bits per heavy atom. The molecule has 6 heteroatoms. The van der Waals surface area contributed by atoms with Crippen LogP contribution >= 0.6 is 0 Å². The minimum absolute atomic E-state index is 0.190. The monoisotopic (exact) mass is 353 g/mol. The maximum Gasteiger partial charge on any atom is 0.176 e. The van der Waals surface area contributed by atoms with E-state index in [0.29, 0.717) is 25.5 Å². The second-order valence-corrected chi connectivity index (χ2v) is 7.35. The number of fused-ring (bicyclic) bond motifs is 4. The molecule has 26 heavy (non-hydrogen) atoms. The second kappa shape index (κ2) is 5.69. The van der Waals surface area contributed by atoms with Crippen LogP contribution < -0.4 is 21.5 Å². The summed E-state index contributed by atoms with van der Waals surface area (Å²) in [6, 6.07) is 13.7. The Labute approximate surface area is 152 Å². The summed E-state index contributed by atoms with van der Waals surface area (Å²) in [5.74, 6) is 0.883. The smallest absolute Gasteiger partial charge is 0.176 e. The van der Waals surface area contributed by atoms with Crippen LogP contribution in [0.25, 0.3) is 0 Å². The van der Waals surface area contributed by atoms with Crippen LogP contribution in [0.5, 0.6) is 11.5 Å². The third kappa shape index (κ3) is 2.27. The van der Waals surface area contributed by atoms with E-state index in [0.717, 1.165) is 35.5 Å². The zero-order chi connectivity index (χ0) is 17.8. The SMILES string of the molecule is Nc1ccc2c(c1)C1(COC(N)(C3CCOCC3)N1)c1ccccc1O2. The van der Waals surface area contributed by atoms with Gasteiger partial charge in [-0.05, 0) is 37.1 Å². The van der Waals surface area contributed by atoms with Gasteiger partial charge >= 0.3 is 0 Å². The number of anilines is 1. The lowest BCUT2D eigenvalue weighted by molar-refractivity contribution is -0.0883. The highest BCUT2D eigenvalue weighted by Gasteiger charge is 2.55. The maximum absolute atomic E-state index is 6.73. The molecule has 2 aromatic rings. The lowest BCUT2D eigenvalue weighted by atomic mass is 9.80. The first-order valence-electron chi connectivity index (χ1n) is 9.08. The Balaban J connectivity index is 1.63. The fourth-order valence-corrected chi connectivity index (χ4v) is 4.41. The number of benzene rings is 2. The molecule has 2 fully saturated rings. The van der Waals surface area contributed by atoms with Crippen LogP contribution in [-0.2, 0) is 15.0 Å². The van der Waals surface area contributed by atoms with Gasteiger partial charge in [0, 0.05) is 35.9 Å². The van der Waals surface area contributed by atoms with Crippen LogP contribution in [0.3, 0.4) is 0 Å². The van der Waals surface area contributed by atoms with Crippen LogP contribution in [0.15, 0.2) is 42.5 Å². The fourth-order valence-electron chi connectivity index (χ4n) is 4.41. The predicted molar refractivity (Wildman–Crippen MR) is 97.7 cm³/mol. The largest absolute Gasteiger partial charge is 0.457 e. The van der Waals surface area contributed by atoms with Crippen LogP contribution in [0.1, 0.15) is 24.0 Å². The molecule has 1 spiro atoms. The van der Waals surface area contributed by atoms with E-state index in [9.17, 15) is 0 Å². The highest BCUT2D eigenvalue weighted by Crippen LogP contribution is 2.51. The van der Waals surface area contributed by atoms with Gasteiger partial charge in [0.1, 0.15) is 17.0 Å². The minimum atomic E-state index is -0.907. The summed E-state index contributed by atoms with van der Waals surface area (Å²) in [6.45, 7) is 1.85. The van der Waals surface area contributed by atoms with Crippen molar-refractivity contribution in [2.45, 2.75) is 24.2 Å². The third-order valence-corrected chi connectivity index (χ3v) is 5.79. The highest BCUT2D eigenvalue weighted by atomic mass is 16.5. The predicted octanol–water partition coefficient (Wildman–Crippen LogP) is 2.28. The Morgan fingerprint density at radius 2 is 1.77 bits per heavy atom. The molecule has 6 nitrogen and oxygen atoms in total. The van der Waals surface area contributed by atoms with E-state index in [1.165, 1.54) is 0 Å². The lowest BCUT2D eigenvalue weighted by Gasteiger charge is -2.40. The molecule has 0 bridgehead atoms. The molecule has 0 amide bonds. The molecule has 0 radical (unpaired) electrons. The fraction of sp³-hybridized carbons (Fsp3) is 0.400. The van der Waals surface area contributed by atoms with E-state index in [-0.39, 0.29) is 5.92 Å². The average molecular weight is 353 g/mol. The van der Waals surface area contributed by atoms with Crippen molar-refractivity contribution in [3.05, 3.63) is 53.6 Å². The van der Waals surface area contributed by atoms with Gasteiger partial charge in [-0.1, -0.05) is 18.2 Å². The zero-order valence-corrected chi connectivity index (χ0v) is 14.5. The summed E-state index contributed by atoms with van der Waals surface area (Å²) in [5.41, 5.74) is 14.9. The molecule has 5 rings (SSSR count). The van der Waals surface area contributed by atoms with Gasteiger partial charge < -0.3 is 19.9 Å². The zero-order valence-electron chi connectivity index (χ0n) is 14.5. The summed E-state index contributed by atoms with van der Waals surface area (Å²) >= 11 is 0. The van der Waals surface area contributed by atoms with E-state index >= 15 is 0 Å². The number of nitrogen functional groups attached to an aromatic ring is 1.